The number of allylic oxidation sites excluding steroid dienone is 2. The molecule has 2 fully saturated rings. The molecule has 32 heavy (non-hydrogen) atoms. The molecule has 5 rings (SSSR count). The molecule has 3 aliphatic rings. The van der Waals surface area contributed by atoms with Crippen molar-refractivity contribution in [2.75, 3.05) is 7.11 Å². The lowest BCUT2D eigenvalue weighted by Crippen LogP contribution is -2.28. The van der Waals surface area contributed by atoms with E-state index in [0.717, 1.165) is 17.6 Å². The number of hydrogen-bond donors (Lipinski definition) is 0. The van der Waals surface area contributed by atoms with Gasteiger partial charge in [0.05, 0.1) is 30.1 Å². The van der Waals surface area contributed by atoms with Gasteiger partial charge in [0.1, 0.15) is 6.20 Å². The van der Waals surface area contributed by atoms with Crippen LogP contribution in [0.15, 0.2) is 53.8 Å². The number of nitro groups is 1. The fourth-order valence-corrected chi connectivity index (χ4v) is 4.63. The fraction of sp³-hybridized carbons (Fsp3) is 0.273. The number of benzene rings is 1. The first-order chi connectivity index (χ1) is 15.5. The number of hydrogen-bond acceptors (Lipinski definition) is 8. The van der Waals surface area contributed by atoms with Crippen molar-refractivity contribution in [2.45, 2.75) is 6.42 Å². The summed E-state index contributed by atoms with van der Waals surface area (Å²) in [6, 6.07) is 7.62. The van der Waals surface area contributed by atoms with E-state index in [2.05, 4.69) is 10.1 Å². The van der Waals surface area contributed by atoms with Crippen LogP contribution in [0.3, 0.4) is 0 Å². The third-order valence-corrected chi connectivity index (χ3v) is 6.10. The van der Waals surface area contributed by atoms with Gasteiger partial charge in [0.2, 0.25) is 5.88 Å². The van der Waals surface area contributed by atoms with Crippen LogP contribution in [0.2, 0.25) is 0 Å². The molecule has 1 saturated heterocycles. The molecule has 2 heterocycles. The Morgan fingerprint density at radius 2 is 1.84 bits per heavy atom. The predicted molar refractivity (Wildman–Crippen MR) is 111 cm³/mol. The molecule has 1 aromatic carbocycles. The molecule has 2 amide bonds. The van der Waals surface area contributed by atoms with Crippen molar-refractivity contribution in [3.05, 3.63) is 64.4 Å². The number of pyridine rings is 1. The summed E-state index contributed by atoms with van der Waals surface area (Å²) in [6.45, 7) is 0. The van der Waals surface area contributed by atoms with Gasteiger partial charge in [-0.05, 0) is 42.0 Å². The van der Waals surface area contributed by atoms with Gasteiger partial charge in [-0.25, -0.2) is 4.98 Å². The number of ether oxygens (including phenoxy) is 2. The van der Waals surface area contributed by atoms with Crippen LogP contribution in [-0.4, -0.2) is 40.1 Å². The molecular formula is C22H18N4O6. The highest BCUT2D eigenvalue weighted by Crippen LogP contribution is 2.52. The topological polar surface area (TPSA) is 124 Å². The number of hydrazone groups is 1. The largest absolute Gasteiger partial charge is 0.493 e. The summed E-state index contributed by atoms with van der Waals surface area (Å²) in [6.07, 6.45) is 7.47. The number of aromatic nitrogens is 1. The molecule has 0 N–H and O–H groups in total. The van der Waals surface area contributed by atoms with Gasteiger partial charge in [0.15, 0.2) is 11.5 Å². The normalized spacial score (nSPS) is 25.6. The number of imide groups is 1. The number of carbonyl (C=O) groups is 2. The highest BCUT2D eigenvalue weighted by atomic mass is 16.6. The third kappa shape index (κ3) is 3.20. The molecule has 2 bridgehead atoms. The lowest BCUT2D eigenvalue weighted by molar-refractivity contribution is -0.385. The van der Waals surface area contributed by atoms with E-state index in [1.165, 1.54) is 25.5 Å². The molecule has 4 atom stereocenters. The molecule has 0 radical (unpaired) electrons. The zero-order chi connectivity index (χ0) is 22.4. The maximum absolute atomic E-state index is 12.7. The third-order valence-electron chi connectivity index (χ3n) is 6.10. The van der Waals surface area contributed by atoms with E-state index in [-0.39, 0.29) is 47.1 Å². The lowest BCUT2D eigenvalue weighted by atomic mass is 9.85. The van der Waals surface area contributed by atoms with Gasteiger partial charge < -0.3 is 9.47 Å². The lowest BCUT2D eigenvalue weighted by Gasteiger charge is -2.13. The molecule has 1 aromatic heterocycles. The van der Waals surface area contributed by atoms with E-state index in [1.54, 1.807) is 18.2 Å². The number of carbonyl (C=O) groups excluding carboxylic acids is 2. The molecule has 0 spiro atoms. The number of amides is 2. The zero-order valence-corrected chi connectivity index (χ0v) is 17.0. The second-order valence-corrected chi connectivity index (χ2v) is 7.86. The molecular weight excluding hydrogens is 416 g/mol. The standard InChI is InChI=1S/C22H18N4O6/c1-31-17-8-12(2-6-16(17)32-18-7-5-15(11-23-18)26(29)30)10-24-25-21(27)19-13-3-4-14(9-13)20(19)22(25)28/h2-8,10-11,13-14,19-20H,9H2,1H3/t13-,14-,19-,20+/m0/s1. The van der Waals surface area contributed by atoms with Gasteiger partial charge in [-0.15, -0.1) is 0 Å². The summed E-state index contributed by atoms with van der Waals surface area (Å²) in [7, 11) is 1.46. The number of methoxy groups -OCH3 is 1. The fourth-order valence-electron chi connectivity index (χ4n) is 4.63. The Morgan fingerprint density at radius 1 is 1.12 bits per heavy atom. The Hall–Kier alpha value is -4.08. The highest BCUT2D eigenvalue weighted by molar-refractivity contribution is 6.06. The SMILES string of the molecule is COc1cc(C=NN2C(=O)[C@@H]3[C@H](C2=O)[C@H]2C=C[C@H]3C2)ccc1Oc1ccc([N+](=O)[O-])cn1. The minimum absolute atomic E-state index is 0.131. The van der Waals surface area contributed by atoms with Crippen LogP contribution in [0.25, 0.3) is 0 Å². The number of fused-ring (bicyclic) bond motifs is 5. The van der Waals surface area contributed by atoms with Gasteiger partial charge >= 0.3 is 0 Å². The molecule has 1 saturated carbocycles. The zero-order valence-electron chi connectivity index (χ0n) is 17.0. The van der Waals surface area contributed by atoms with Crippen molar-refractivity contribution in [2.24, 2.45) is 28.8 Å². The summed E-state index contributed by atoms with van der Waals surface area (Å²) in [4.78, 5) is 39.5. The van der Waals surface area contributed by atoms with E-state index in [1.807, 2.05) is 12.2 Å². The average Bonchev–Trinajstić information content (AvgIpc) is 3.48. The Bertz CT molecular complexity index is 1150. The van der Waals surface area contributed by atoms with E-state index in [0.29, 0.717) is 17.1 Å². The van der Waals surface area contributed by atoms with Crippen LogP contribution in [0.5, 0.6) is 17.4 Å². The first-order valence-corrected chi connectivity index (χ1v) is 10.0. The minimum Gasteiger partial charge on any atom is -0.493 e. The van der Waals surface area contributed by atoms with E-state index < -0.39 is 4.92 Å². The van der Waals surface area contributed by atoms with Crippen molar-refractivity contribution in [1.82, 2.24) is 9.99 Å². The maximum Gasteiger partial charge on any atom is 0.287 e. The van der Waals surface area contributed by atoms with Crippen molar-refractivity contribution < 1.29 is 24.0 Å². The van der Waals surface area contributed by atoms with Crippen LogP contribution in [0, 0.1) is 33.8 Å². The maximum atomic E-state index is 12.7. The van der Waals surface area contributed by atoms with Crippen LogP contribution in [0.4, 0.5) is 5.69 Å². The van der Waals surface area contributed by atoms with Crippen molar-refractivity contribution in [1.29, 1.82) is 0 Å². The van der Waals surface area contributed by atoms with E-state index >= 15 is 0 Å². The van der Waals surface area contributed by atoms with Crippen molar-refractivity contribution in [3.8, 4) is 17.4 Å². The summed E-state index contributed by atoms with van der Waals surface area (Å²) >= 11 is 0. The summed E-state index contributed by atoms with van der Waals surface area (Å²) in [5, 5.41) is 15.9. The number of rotatable bonds is 6. The summed E-state index contributed by atoms with van der Waals surface area (Å²) in [5.41, 5.74) is 0.458. The van der Waals surface area contributed by atoms with Gasteiger partial charge in [-0.3, -0.25) is 19.7 Å². The Kier molecular flexibility index (Phi) is 4.69. The average molecular weight is 434 g/mol. The second kappa shape index (κ2) is 7.56. The quantitative estimate of drug-likeness (QED) is 0.225. The van der Waals surface area contributed by atoms with Gasteiger partial charge in [-0.2, -0.15) is 10.1 Å². The van der Waals surface area contributed by atoms with Crippen molar-refractivity contribution >= 4 is 23.7 Å². The first kappa shape index (κ1) is 19.9. The Morgan fingerprint density at radius 3 is 2.44 bits per heavy atom. The molecule has 162 valence electrons. The van der Waals surface area contributed by atoms with Crippen LogP contribution in [-0.2, 0) is 9.59 Å². The number of nitrogens with zero attached hydrogens (tertiary/aromatic N) is 4. The van der Waals surface area contributed by atoms with Crippen LogP contribution < -0.4 is 9.47 Å². The summed E-state index contributed by atoms with van der Waals surface area (Å²) < 4.78 is 11.0. The molecule has 1 aliphatic heterocycles. The minimum atomic E-state index is -0.546. The monoisotopic (exact) mass is 434 g/mol. The van der Waals surface area contributed by atoms with Gasteiger partial charge in [0, 0.05) is 12.1 Å². The van der Waals surface area contributed by atoms with Gasteiger partial charge in [0.25, 0.3) is 17.5 Å². The molecule has 2 aromatic rings. The molecule has 10 nitrogen and oxygen atoms in total. The van der Waals surface area contributed by atoms with Crippen LogP contribution in [0.1, 0.15) is 12.0 Å². The molecule has 0 unspecified atom stereocenters. The van der Waals surface area contributed by atoms with E-state index in [9.17, 15) is 19.7 Å². The molecule has 10 heteroatoms. The Balaban J connectivity index is 1.32. The van der Waals surface area contributed by atoms with Crippen molar-refractivity contribution in [3.63, 3.8) is 0 Å². The molecule has 2 aliphatic carbocycles. The van der Waals surface area contributed by atoms with Gasteiger partial charge in [-0.1, -0.05) is 12.2 Å². The second-order valence-electron chi connectivity index (χ2n) is 7.86. The highest BCUT2D eigenvalue weighted by Gasteiger charge is 2.59. The first-order valence-electron chi connectivity index (χ1n) is 10.0. The van der Waals surface area contributed by atoms with Crippen LogP contribution >= 0.6 is 0 Å². The Labute approximate surface area is 182 Å². The van der Waals surface area contributed by atoms with E-state index in [4.69, 9.17) is 9.47 Å². The smallest absolute Gasteiger partial charge is 0.287 e. The summed E-state index contributed by atoms with van der Waals surface area (Å²) in [5.74, 6) is 0.0522. The predicted octanol–water partition coefficient (Wildman–Crippen LogP) is 2.93.